The van der Waals surface area contributed by atoms with Gasteiger partial charge in [-0.15, -0.1) is 0 Å². The highest BCUT2D eigenvalue weighted by atomic mass is 16.6. The van der Waals surface area contributed by atoms with E-state index in [1.165, 1.54) is 6.42 Å². The molecule has 1 unspecified atom stereocenters. The lowest BCUT2D eigenvalue weighted by molar-refractivity contribution is -0.148. The van der Waals surface area contributed by atoms with Crippen LogP contribution in [0.1, 0.15) is 19.8 Å². The van der Waals surface area contributed by atoms with Gasteiger partial charge in [-0.3, -0.25) is 0 Å². The molecule has 0 aliphatic carbocycles. The standard InChI is InChI=1S/C12H23NO4/c1-2-17-12(14)10-16-7-5-13-8-11-4-3-6-15-9-11/h11,13H,2-10H2,1H3. The Morgan fingerprint density at radius 1 is 1.53 bits per heavy atom. The third kappa shape index (κ3) is 7.31. The molecule has 5 nitrogen and oxygen atoms in total. The molecule has 0 aromatic rings. The molecule has 1 fully saturated rings. The summed E-state index contributed by atoms with van der Waals surface area (Å²) in [6, 6.07) is 0. The zero-order valence-corrected chi connectivity index (χ0v) is 10.6. The van der Waals surface area contributed by atoms with Crippen molar-refractivity contribution >= 4 is 5.97 Å². The molecule has 1 aliphatic rings. The van der Waals surface area contributed by atoms with Crippen LogP contribution in [-0.2, 0) is 19.0 Å². The molecule has 0 spiro atoms. The minimum Gasteiger partial charge on any atom is -0.464 e. The first-order valence-corrected chi connectivity index (χ1v) is 6.34. The van der Waals surface area contributed by atoms with E-state index in [2.05, 4.69) is 5.32 Å². The third-order valence-electron chi connectivity index (χ3n) is 2.64. The summed E-state index contributed by atoms with van der Waals surface area (Å²) in [4.78, 5) is 10.9. The van der Waals surface area contributed by atoms with E-state index in [0.29, 0.717) is 19.1 Å². The minimum absolute atomic E-state index is 0.0437. The molecule has 1 saturated heterocycles. The molecule has 1 aliphatic heterocycles. The smallest absolute Gasteiger partial charge is 0.332 e. The summed E-state index contributed by atoms with van der Waals surface area (Å²) in [5.74, 6) is 0.321. The first-order chi connectivity index (χ1) is 8.33. The number of hydrogen-bond acceptors (Lipinski definition) is 5. The Bertz CT molecular complexity index is 205. The first-order valence-electron chi connectivity index (χ1n) is 6.34. The van der Waals surface area contributed by atoms with Crippen LogP contribution >= 0.6 is 0 Å². The lowest BCUT2D eigenvalue weighted by Gasteiger charge is -2.22. The van der Waals surface area contributed by atoms with Crippen molar-refractivity contribution in [2.24, 2.45) is 5.92 Å². The van der Waals surface area contributed by atoms with E-state index in [4.69, 9.17) is 14.2 Å². The molecule has 0 aromatic carbocycles. The summed E-state index contributed by atoms with van der Waals surface area (Å²) in [6.45, 7) is 6.25. The van der Waals surface area contributed by atoms with Gasteiger partial charge in [-0.2, -0.15) is 0 Å². The summed E-state index contributed by atoms with van der Waals surface area (Å²) < 4.78 is 15.3. The Kier molecular flexibility index (Phi) is 7.96. The fraction of sp³-hybridized carbons (Fsp3) is 0.917. The molecule has 1 N–H and O–H groups in total. The fourth-order valence-corrected chi connectivity index (χ4v) is 1.78. The van der Waals surface area contributed by atoms with Crippen LogP contribution in [0.15, 0.2) is 0 Å². The van der Waals surface area contributed by atoms with Crippen LogP contribution in [0.3, 0.4) is 0 Å². The summed E-state index contributed by atoms with van der Waals surface area (Å²) >= 11 is 0. The van der Waals surface area contributed by atoms with Crippen molar-refractivity contribution in [1.29, 1.82) is 0 Å². The maximum atomic E-state index is 10.9. The quantitative estimate of drug-likeness (QED) is 0.501. The van der Waals surface area contributed by atoms with Crippen molar-refractivity contribution in [3.63, 3.8) is 0 Å². The topological polar surface area (TPSA) is 56.8 Å². The van der Waals surface area contributed by atoms with E-state index in [1.807, 2.05) is 0 Å². The molecule has 5 heteroatoms. The van der Waals surface area contributed by atoms with Gasteiger partial charge in [-0.05, 0) is 25.7 Å². The highest BCUT2D eigenvalue weighted by Crippen LogP contribution is 2.11. The van der Waals surface area contributed by atoms with Gasteiger partial charge in [0, 0.05) is 19.7 Å². The Hall–Kier alpha value is -0.650. The molecule has 1 rings (SSSR count). The predicted octanol–water partition coefficient (Wildman–Crippen LogP) is 0.582. The van der Waals surface area contributed by atoms with E-state index in [1.54, 1.807) is 6.92 Å². The summed E-state index contributed by atoms with van der Waals surface area (Å²) in [7, 11) is 0. The zero-order valence-electron chi connectivity index (χ0n) is 10.6. The second-order valence-electron chi connectivity index (χ2n) is 4.14. The summed E-state index contributed by atoms with van der Waals surface area (Å²) in [5, 5.41) is 3.30. The van der Waals surface area contributed by atoms with E-state index in [-0.39, 0.29) is 12.6 Å². The van der Waals surface area contributed by atoms with Gasteiger partial charge in [0.25, 0.3) is 0 Å². The first kappa shape index (κ1) is 14.4. The van der Waals surface area contributed by atoms with Crippen LogP contribution in [-0.4, -0.2) is 52.1 Å². The second kappa shape index (κ2) is 9.39. The number of nitrogens with one attached hydrogen (secondary N) is 1. The largest absolute Gasteiger partial charge is 0.464 e. The number of hydrogen-bond donors (Lipinski definition) is 1. The summed E-state index contributed by atoms with van der Waals surface area (Å²) in [6.07, 6.45) is 2.39. The molecule has 1 atom stereocenters. The number of rotatable bonds is 8. The molecule has 17 heavy (non-hydrogen) atoms. The van der Waals surface area contributed by atoms with Crippen molar-refractivity contribution in [1.82, 2.24) is 5.32 Å². The third-order valence-corrected chi connectivity index (χ3v) is 2.64. The van der Waals surface area contributed by atoms with Gasteiger partial charge in [0.15, 0.2) is 0 Å². The molecule has 0 bridgehead atoms. The van der Waals surface area contributed by atoms with Gasteiger partial charge >= 0.3 is 5.97 Å². The molecule has 100 valence electrons. The van der Waals surface area contributed by atoms with E-state index < -0.39 is 0 Å². The highest BCUT2D eigenvalue weighted by molar-refractivity contribution is 5.70. The van der Waals surface area contributed by atoms with Crippen LogP contribution in [0.4, 0.5) is 0 Å². The average Bonchev–Trinajstić information content (AvgIpc) is 2.35. The van der Waals surface area contributed by atoms with Crippen LogP contribution in [0.5, 0.6) is 0 Å². The zero-order chi connectivity index (χ0) is 12.3. The van der Waals surface area contributed by atoms with Crippen LogP contribution in [0, 0.1) is 5.92 Å². The van der Waals surface area contributed by atoms with Crippen molar-refractivity contribution in [2.45, 2.75) is 19.8 Å². The molecular weight excluding hydrogens is 222 g/mol. The Morgan fingerprint density at radius 2 is 2.41 bits per heavy atom. The fourth-order valence-electron chi connectivity index (χ4n) is 1.78. The lowest BCUT2D eigenvalue weighted by atomic mass is 10.0. The molecule has 0 saturated carbocycles. The molecular formula is C12H23NO4. The Morgan fingerprint density at radius 3 is 3.12 bits per heavy atom. The Labute approximate surface area is 103 Å². The molecule has 0 amide bonds. The number of carbonyl (C=O) groups is 1. The predicted molar refractivity (Wildman–Crippen MR) is 63.9 cm³/mol. The molecule has 0 radical (unpaired) electrons. The van der Waals surface area contributed by atoms with Gasteiger partial charge in [0.2, 0.25) is 0 Å². The van der Waals surface area contributed by atoms with Crippen LogP contribution in [0.2, 0.25) is 0 Å². The number of ether oxygens (including phenoxy) is 3. The monoisotopic (exact) mass is 245 g/mol. The maximum Gasteiger partial charge on any atom is 0.332 e. The Balaban J connectivity index is 1.85. The van der Waals surface area contributed by atoms with Gasteiger partial charge in [-0.1, -0.05) is 0 Å². The molecule has 1 heterocycles. The van der Waals surface area contributed by atoms with E-state index in [9.17, 15) is 4.79 Å². The second-order valence-corrected chi connectivity index (χ2v) is 4.14. The van der Waals surface area contributed by atoms with Gasteiger partial charge in [0.05, 0.1) is 19.8 Å². The average molecular weight is 245 g/mol. The minimum atomic E-state index is -0.298. The van der Waals surface area contributed by atoms with Gasteiger partial charge in [-0.25, -0.2) is 4.79 Å². The van der Waals surface area contributed by atoms with Crippen molar-refractivity contribution in [3.05, 3.63) is 0 Å². The van der Waals surface area contributed by atoms with Crippen molar-refractivity contribution in [2.75, 3.05) is 46.1 Å². The van der Waals surface area contributed by atoms with Crippen molar-refractivity contribution < 1.29 is 19.0 Å². The van der Waals surface area contributed by atoms with Crippen LogP contribution in [0.25, 0.3) is 0 Å². The number of esters is 1. The van der Waals surface area contributed by atoms with Gasteiger partial charge in [0.1, 0.15) is 6.61 Å². The van der Waals surface area contributed by atoms with Gasteiger partial charge < -0.3 is 19.5 Å². The summed E-state index contributed by atoms with van der Waals surface area (Å²) in [5.41, 5.74) is 0. The van der Waals surface area contributed by atoms with Crippen molar-refractivity contribution in [3.8, 4) is 0 Å². The number of carbonyl (C=O) groups excluding carboxylic acids is 1. The van der Waals surface area contributed by atoms with E-state index >= 15 is 0 Å². The van der Waals surface area contributed by atoms with E-state index in [0.717, 1.165) is 32.7 Å². The lowest BCUT2D eigenvalue weighted by Crippen LogP contribution is -2.31. The SMILES string of the molecule is CCOC(=O)COCCNCC1CCCOC1. The maximum absolute atomic E-state index is 10.9. The highest BCUT2D eigenvalue weighted by Gasteiger charge is 2.12. The van der Waals surface area contributed by atoms with Crippen LogP contribution < -0.4 is 5.32 Å². The molecule has 0 aromatic heterocycles. The normalized spacial score (nSPS) is 20.2.